The van der Waals surface area contributed by atoms with E-state index in [-0.39, 0.29) is 17.2 Å². The number of ether oxygens (including phenoxy) is 1. The average molecular weight is 306 g/mol. The molecular formula is C17H17ClFNO. The lowest BCUT2D eigenvalue weighted by atomic mass is 9.92. The molecule has 2 atom stereocenters. The molecule has 3 rings (SSSR count). The second-order valence-electron chi connectivity index (χ2n) is 5.40. The van der Waals surface area contributed by atoms with Crippen LogP contribution in [0.15, 0.2) is 36.4 Å². The Labute approximate surface area is 128 Å². The van der Waals surface area contributed by atoms with E-state index in [0.29, 0.717) is 0 Å². The van der Waals surface area contributed by atoms with Crippen molar-refractivity contribution in [2.24, 2.45) is 0 Å². The van der Waals surface area contributed by atoms with Gasteiger partial charge in [-0.25, -0.2) is 4.39 Å². The van der Waals surface area contributed by atoms with Crippen molar-refractivity contribution in [1.29, 1.82) is 0 Å². The molecule has 2 unspecified atom stereocenters. The van der Waals surface area contributed by atoms with Crippen molar-refractivity contribution in [2.75, 3.05) is 7.05 Å². The summed E-state index contributed by atoms with van der Waals surface area (Å²) in [5.41, 5.74) is 3.17. The minimum Gasteiger partial charge on any atom is -0.485 e. The van der Waals surface area contributed by atoms with Gasteiger partial charge in [-0.1, -0.05) is 35.4 Å². The lowest BCUT2D eigenvalue weighted by Gasteiger charge is -2.32. The van der Waals surface area contributed by atoms with E-state index in [0.717, 1.165) is 23.3 Å². The van der Waals surface area contributed by atoms with E-state index in [1.165, 1.54) is 11.6 Å². The fourth-order valence-electron chi connectivity index (χ4n) is 2.78. The number of benzene rings is 2. The molecule has 0 saturated carbocycles. The zero-order valence-corrected chi connectivity index (χ0v) is 12.7. The third-order valence-electron chi connectivity index (χ3n) is 3.92. The highest BCUT2D eigenvalue weighted by Crippen LogP contribution is 2.41. The maximum Gasteiger partial charge on any atom is 0.142 e. The molecular weight excluding hydrogens is 289 g/mol. The second kappa shape index (κ2) is 5.66. The molecule has 2 aromatic carbocycles. The highest BCUT2D eigenvalue weighted by atomic mass is 35.5. The molecule has 0 saturated heterocycles. The SMILES string of the molecule is CNC1CC(c2ccc(Cl)c(F)c2)Oc2ccc(C)cc21. The van der Waals surface area contributed by atoms with E-state index in [1.807, 2.05) is 25.2 Å². The molecule has 1 N–H and O–H groups in total. The van der Waals surface area contributed by atoms with Gasteiger partial charge in [0.15, 0.2) is 0 Å². The Bertz CT molecular complexity index is 674. The van der Waals surface area contributed by atoms with Gasteiger partial charge in [-0.3, -0.25) is 0 Å². The molecule has 0 fully saturated rings. The van der Waals surface area contributed by atoms with Gasteiger partial charge in [0.2, 0.25) is 0 Å². The first-order valence-electron chi connectivity index (χ1n) is 6.98. The summed E-state index contributed by atoms with van der Waals surface area (Å²) in [6, 6.07) is 11.2. The number of halogens is 2. The molecule has 2 nitrogen and oxygen atoms in total. The van der Waals surface area contributed by atoms with Crippen LogP contribution >= 0.6 is 11.6 Å². The second-order valence-corrected chi connectivity index (χ2v) is 5.81. The van der Waals surface area contributed by atoms with Crippen molar-refractivity contribution < 1.29 is 9.13 Å². The summed E-state index contributed by atoms with van der Waals surface area (Å²) in [6.07, 6.45) is 0.582. The Morgan fingerprint density at radius 2 is 2.05 bits per heavy atom. The Kier molecular flexibility index (Phi) is 3.87. The molecule has 0 bridgehead atoms. The number of aryl methyl sites for hydroxylation is 1. The number of rotatable bonds is 2. The topological polar surface area (TPSA) is 21.3 Å². The van der Waals surface area contributed by atoms with Crippen molar-refractivity contribution in [3.63, 3.8) is 0 Å². The molecule has 1 aliphatic heterocycles. The highest BCUT2D eigenvalue weighted by molar-refractivity contribution is 6.30. The van der Waals surface area contributed by atoms with Crippen LogP contribution in [0, 0.1) is 12.7 Å². The van der Waals surface area contributed by atoms with Gasteiger partial charge < -0.3 is 10.1 Å². The first kappa shape index (κ1) is 14.4. The number of nitrogens with one attached hydrogen (secondary N) is 1. The maximum atomic E-state index is 13.7. The van der Waals surface area contributed by atoms with Gasteiger partial charge in [0.25, 0.3) is 0 Å². The van der Waals surface area contributed by atoms with Crippen LogP contribution < -0.4 is 10.1 Å². The summed E-state index contributed by atoms with van der Waals surface area (Å²) < 4.78 is 19.7. The zero-order valence-electron chi connectivity index (χ0n) is 12.0. The van der Waals surface area contributed by atoms with Crippen molar-refractivity contribution >= 4 is 11.6 Å². The van der Waals surface area contributed by atoms with Gasteiger partial charge in [-0.2, -0.15) is 0 Å². The van der Waals surface area contributed by atoms with Crippen LogP contribution in [0.4, 0.5) is 4.39 Å². The van der Waals surface area contributed by atoms with Gasteiger partial charge in [0.1, 0.15) is 17.7 Å². The van der Waals surface area contributed by atoms with Gasteiger partial charge in [-0.15, -0.1) is 0 Å². The number of hydrogen-bond donors (Lipinski definition) is 1. The van der Waals surface area contributed by atoms with E-state index in [2.05, 4.69) is 18.3 Å². The lowest BCUT2D eigenvalue weighted by Crippen LogP contribution is -2.26. The quantitative estimate of drug-likeness (QED) is 0.877. The Balaban J connectivity index is 1.96. The van der Waals surface area contributed by atoms with E-state index in [4.69, 9.17) is 16.3 Å². The van der Waals surface area contributed by atoms with Crippen LogP contribution in [-0.4, -0.2) is 7.05 Å². The van der Waals surface area contributed by atoms with Crippen LogP contribution in [0.1, 0.15) is 35.3 Å². The summed E-state index contributed by atoms with van der Waals surface area (Å²) in [6.45, 7) is 2.06. The molecule has 0 aliphatic carbocycles. The van der Waals surface area contributed by atoms with Crippen LogP contribution in [0.25, 0.3) is 0 Å². The lowest BCUT2D eigenvalue weighted by molar-refractivity contribution is 0.153. The zero-order chi connectivity index (χ0) is 15.0. The summed E-state index contributed by atoms with van der Waals surface area (Å²) in [7, 11) is 1.93. The van der Waals surface area contributed by atoms with E-state index in [1.54, 1.807) is 6.07 Å². The van der Waals surface area contributed by atoms with Crippen molar-refractivity contribution in [1.82, 2.24) is 5.32 Å². The fourth-order valence-corrected chi connectivity index (χ4v) is 2.90. The third-order valence-corrected chi connectivity index (χ3v) is 4.23. The Morgan fingerprint density at radius 3 is 2.76 bits per heavy atom. The van der Waals surface area contributed by atoms with E-state index < -0.39 is 5.82 Å². The van der Waals surface area contributed by atoms with Crippen molar-refractivity contribution in [3.8, 4) is 5.75 Å². The minimum atomic E-state index is -0.409. The third kappa shape index (κ3) is 2.76. The molecule has 110 valence electrons. The highest BCUT2D eigenvalue weighted by Gasteiger charge is 2.28. The van der Waals surface area contributed by atoms with E-state index in [9.17, 15) is 4.39 Å². The van der Waals surface area contributed by atoms with Gasteiger partial charge >= 0.3 is 0 Å². The van der Waals surface area contributed by atoms with Gasteiger partial charge in [0, 0.05) is 18.0 Å². The normalized spacial score (nSPS) is 20.8. The number of hydrogen-bond acceptors (Lipinski definition) is 2. The molecule has 0 radical (unpaired) electrons. The average Bonchev–Trinajstić information content (AvgIpc) is 2.49. The minimum absolute atomic E-state index is 0.135. The largest absolute Gasteiger partial charge is 0.485 e. The summed E-state index contributed by atoms with van der Waals surface area (Å²) in [4.78, 5) is 0. The monoisotopic (exact) mass is 305 g/mol. The number of fused-ring (bicyclic) bond motifs is 1. The van der Waals surface area contributed by atoms with Crippen molar-refractivity contribution in [2.45, 2.75) is 25.5 Å². The fraction of sp³-hybridized carbons (Fsp3) is 0.294. The summed E-state index contributed by atoms with van der Waals surface area (Å²) in [5.74, 6) is 0.444. The molecule has 0 amide bonds. The molecule has 4 heteroatoms. The van der Waals surface area contributed by atoms with Gasteiger partial charge in [-0.05, 0) is 37.7 Å². The standard InChI is InChI=1S/C17H17ClFNO/c1-10-3-6-16-12(7-10)15(20-2)9-17(21-16)11-4-5-13(18)14(19)8-11/h3-8,15,17,20H,9H2,1-2H3. The predicted molar refractivity (Wildman–Crippen MR) is 82.4 cm³/mol. The molecule has 0 aromatic heterocycles. The maximum absolute atomic E-state index is 13.7. The molecule has 0 spiro atoms. The van der Waals surface area contributed by atoms with E-state index >= 15 is 0 Å². The van der Waals surface area contributed by atoms with Crippen LogP contribution in [0.5, 0.6) is 5.75 Å². The molecule has 1 aliphatic rings. The first-order chi connectivity index (χ1) is 10.1. The molecule has 1 heterocycles. The Morgan fingerprint density at radius 1 is 1.24 bits per heavy atom. The van der Waals surface area contributed by atoms with Crippen LogP contribution in [0.3, 0.4) is 0 Å². The molecule has 21 heavy (non-hydrogen) atoms. The first-order valence-corrected chi connectivity index (χ1v) is 7.35. The summed E-state index contributed by atoms with van der Waals surface area (Å²) in [5, 5.41) is 3.45. The van der Waals surface area contributed by atoms with Crippen LogP contribution in [0.2, 0.25) is 5.02 Å². The molecule has 2 aromatic rings. The van der Waals surface area contributed by atoms with Gasteiger partial charge in [0.05, 0.1) is 5.02 Å². The smallest absolute Gasteiger partial charge is 0.142 e. The predicted octanol–water partition coefficient (Wildman–Crippen LogP) is 4.57. The van der Waals surface area contributed by atoms with Crippen molar-refractivity contribution in [3.05, 3.63) is 63.9 Å². The summed E-state index contributed by atoms with van der Waals surface area (Å²) >= 11 is 5.75. The Hall–Kier alpha value is -1.58. The van der Waals surface area contributed by atoms with Crippen LogP contribution in [-0.2, 0) is 0 Å².